The molecule has 0 fully saturated rings. The zero-order valence-corrected chi connectivity index (χ0v) is 13.7. The van der Waals surface area contributed by atoms with Gasteiger partial charge in [-0.05, 0) is 24.3 Å². The Kier molecular flexibility index (Phi) is 4.04. The molecule has 1 atom stereocenters. The summed E-state index contributed by atoms with van der Waals surface area (Å²) in [5.74, 6) is -0.311. The standard InChI is InChI=1S/C18H16ClFN4/c19-12-4-5-14(15(20)9-12)18-17-16(22-11-23-17)6-8-24(18)10-13-3-1-2-7-21-13/h1-5,7,9,11,18H,6,8,10H2,(H,22,23)/t18-/m0/s1. The van der Waals surface area contributed by atoms with Crippen LogP contribution in [0, 0.1) is 5.82 Å². The zero-order valence-electron chi connectivity index (χ0n) is 12.9. The third-order valence-corrected chi connectivity index (χ3v) is 4.61. The Morgan fingerprint density at radius 3 is 2.96 bits per heavy atom. The number of pyridine rings is 1. The number of aromatic nitrogens is 3. The molecule has 6 heteroatoms. The predicted octanol–water partition coefficient (Wildman–Crippen LogP) is 3.74. The van der Waals surface area contributed by atoms with Crippen molar-refractivity contribution >= 4 is 11.6 Å². The van der Waals surface area contributed by atoms with Gasteiger partial charge in [0.2, 0.25) is 0 Å². The molecule has 24 heavy (non-hydrogen) atoms. The number of fused-ring (bicyclic) bond motifs is 1. The Morgan fingerprint density at radius 1 is 1.25 bits per heavy atom. The van der Waals surface area contributed by atoms with E-state index in [-0.39, 0.29) is 11.9 Å². The van der Waals surface area contributed by atoms with Crippen molar-refractivity contribution < 1.29 is 4.39 Å². The molecule has 0 saturated carbocycles. The van der Waals surface area contributed by atoms with Gasteiger partial charge in [0.15, 0.2) is 0 Å². The van der Waals surface area contributed by atoms with Crippen molar-refractivity contribution in [2.45, 2.75) is 19.0 Å². The van der Waals surface area contributed by atoms with Gasteiger partial charge in [0, 0.05) is 42.0 Å². The quantitative estimate of drug-likeness (QED) is 0.788. The van der Waals surface area contributed by atoms with Crippen LogP contribution in [0.3, 0.4) is 0 Å². The summed E-state index contributed by atoms with van der Waals surface area (Å²) >= 11 is 5.92. The molecule has 1 aliphatic heterocycles. The maximum Gasteiger partial charge on any atom is 0.129 e. The largest absolute Gasteiger partial charge is 0.348 e. The molecule has 122 valence electrons. The van der Waals surface area contributed by atoms with E-state index in [1.807, 2.05) is 18.2 Å². The number of benzene rings is 1. The molecule has 3 heterocycles. The molecule has 4 nitrogen and oxygen atoms in total. The second kappa shape index (κ2) is 6.34. The molecule has 0 saturated heterocycles. The SMILES string of the molecule is Fc1cc(Cl)ccc1[C@H]1c2nc[nH]c2CCN1Cc1ccccn1. The molecule has 0 unspecified atom stereocenters. The Morgan fingerprint density at radius 2 is 2.17 bits per heavy atom. The third-order valence-electron chi connectivity index (χ3n) is 4.37. The lowest BCUT2D eigenvalue weighted by Gasteiger charge is -2.35. The summed E-state index contributed by atoms with van der Waals surface area (Å²) in [5.41, 5.74) is 3.48. The van der Waals surface area contributed by atoms with E-state index in [0.717, 1.165) is 30.0 Å². The van der Waals surface area contributed by atoms with Gasteiger partial charge in [0.25, 0.3) is 0 Å². The van der Waals surface area contributed by atoms with Crippen molar-refractivity contribution in [3.8, 4) is 0 Å². The van der Waals surface area contributed by atoms with Crippen LogP contribution < -0.4 is 0 Å². The van der Waals surface area contributed by atoms with Gasteiger partial charge in [-0.15, -0.1) is 0 Å². The van der Waals surface area contributed by atoms with E-state index in [0.29, 0.717) is 17.1 Å². The molecule has 0 aliphatic carbocycles. The molecular formula is C18H16ClFN4. The van der Waals surface area contributed by atoms with Crippen molar-refractivity contribution in [2.24, 2.45) is 0 Å². The first-order valence-electron chi connectivity index (χ1n) is 7.83. The van der Waals surface area contributed by atoms with E-state index in [9.17, 15) is 4.39 Å². The lowest BCUT2D eigenvalue weighted by atomic mass is 9.95. The number of hydrogen-bond donors (Lipinski definition) is 1. The summed E-state index contributed by atoms with van der Waals surface area (Å²) in [5, 5.41) is 0.394. The Bertz CT molecular complexity index is 849. The van der Waals surface area contributed by atoms with Gasteiger partial charge < -0.3 is 4.98 Å². The lowest BCUT2D eigenvalue weighted by Crippen LogP contribution is -2.36. The van der Waals surface area contributed by atoms with Gasteiger partial charge in [0.05, 0.1) is 23.8 Å². The fraction of sp³-hybridized carbons (Fsp3) is 0.222. The molecule has 0 amide bonds. The molecule has 1 aliphatic rings. The van der Waals surface area contributed by atoms with Gasteiger partial charge in [-0.1, -0.05) is 23.7 Å². The van der Waals surface area contributed by atoms with E-state index in [2.05, 4.69) is 19.9 Å². The molecule has 0 spiro atoms. The van der Waals surface area contributed by atoms with Crippen molar-refractivity contribution in [3.05, 3.63) is 82.4 Å². The highest BCUT2D eigenvalue weighted by Gasteiger charge is 2.32. The molecule has 1 N–H and O–H groups in total. The van der Waals surface area contributed by atoms with Crippen LogP contribution in [0.4, 0.5) is 4.39 Å². The number of nitrogens with one attached hydrogen (secondary N) is 1. The minimum absolute atomic E-state index is 0.251. The van der Waals surface area contributed by atoms with Crippen LogP contribution in [0.15, 0.2) is 48.9 Å². The number of rotatable bonds is 3. The monoisotopic (exact) mass is 342 g/mol. The van der Waals surface area contributed by atoms with Crippen LogP contribution in [-0.2, 0) is 13.0 Å². The van der Waals surface area contributed by atoms with Gasteiger partial charge in [-0.2, -0.15) is 0 Å². The van der Waals surface area contributed by atoms with Crippen LogP contribution in [0.2, 0.25) is 5.02 Å². The van der Waals surface area contributed by atoms with Gasteiger partial charge in [-0.3, -0.25) is 9.88 Å². The maximum absolute atomic E-state index is 14.6. The predicted molar refractivity (Wildman–Crippen MR) is 90.2 cm³/mol. The van der Waals surface area contributed by atoms with E-state index in [1.54, 1.807) is 24.7 Å². The first-order chi connectivity index (χ1) is 11.7. The zero-order chi connectivity index (χ0) is 16.5. The number of hydrogen-bond acceptors (Lipinski definition) is 3. The number of nitrogens with zero attached hydrogens (tertiary/aromatic N) is 3. The smallest absolute Gasteiger partial charge is 0.129 e. The second-order valence-corrected chi connectivity index (χ2v) is 6.31. The fourth-order valence-corrected chi connectivity index (χ4v) is 3.42. The third kappa shape index (κ3) is 2.81. The number of imidazole rings is 1. The van der Waals surface area contributed by atoms with Gasteiger partial charge >= 0.3 is 0 Å². The summed E-state index contributed by atoms with van der Waals surface area (Å²) in [6, 6.07) is 10.4. The molecular weight excluding hydrogens is 327 g/mol. The lowest BCUT2D eigenvalue weighted by molar-refractivity contribution is 0.194. The summed E-state index contributed by atoms with van der Waals surface area (Å²) in [7, 11) is 0. The highest BCUT2D eigenvalue weighted by Crippen LogP contribution is 2.36. The van der Waals surface area contributed by atoms with Crippen molar-refractivity contribution in [3.63, 3.8) is 0 Å². The van der Waals surface area contributed by atoms with Crippen LogP contribution in [0.5, 0.6) is 0 Å². The van der Waals surface area contributed by atoms with Crippen molar-refractivity contribution in [1.82, 2.24) is 19.9 Å². The normalized spacial score (nSPS) is 17.7. The van der Waals surface area contributed by atoms with Crippen LogP contribution >= 0.6 is 11.6 Å². The first-order valence-corrected chi connectivity index (χ1v) is 8.21. The summed E-state index contributed by atoms with van der Waals surface area (Å²) in [4.78, 5) is 14.2. The number of H-pyrrole nitrogens is 1. The first kappa shape index (κ1) is 15.3. The van der Waals surface area contributed by atoms with Crippen LogP contribution in [-0.4, -0.2) is 26.4 Å². The number of aromatic amines is 1. The van der Waals surface area contributed by atoms with E-state index >= 15 is 0 Å². The minimum atomic E-state index is -0.311. The molecule has 0 bridgehead atoms. The van der Waals surface area contributed by atoms with Crippen molar-refractivity contribution in [2.75, 3.05) is 6.54 Å². The van der Waals surface area contributed by atoms with Gasteiger partial charge in [0.1, 0.15) is 5.82 Å². The highest BCUT2D eigenvalue weighted by molar-refractivity contribution is 6.30. The Hall–Kier alpha value is -2.24. The second-order valence-electron chi connectivity index (χ2n) is 5.88. The summed E-state index contributed by atoms with van der Waals surface area (Å²) < 4.78 is 14.6. The van der Waals surface area contributed by atoms with E-state index in [1.165, 1.54) is 6.07 Å². The highest BCUT2D eigenvalue weighted by atomic mass is 35.5. The average molecular weight is 343 g/mol. The molecule has 4 rings (SSSR count). The maximum atomic E-state index is 14.6. The topological polar surface area (TPSA) is 44.8 Å². The molecule has 3 aromatic rings. The van der Waals surface area contributed by atoms with Gasteiger partial charge in [-0.25, -0.2) is 9.37 Å². The summed E-state index contributed by atoms with van der Waals surface area (Å²) in [6.45, 7) is 1.44. The molecule has 1 aromatic carbocycles. The minimum Gasteiger partial charge on any atom is -0.348 e. The summed E-state index contributed by atoms with van der Waals surface area (Å²) in [6.07, 6.45) is 4.31. The number of halogens is 2. The molecule has 2 aromatic heterocycles. The Labute approximate surface area is 144 Å². The average Bonchev–Trinajstić information content (AvgIpc) is 3.05. The Balaban J connectivity index is 1.75. The van der Waals surface area contributed by atoms with Crippen molar-refractivity contribution in [1.29, 1.82) is 0 Å². The van der Waals surface area contributed by atoms with E-state index in [4.69, 9.17) is 11.6 Å². The van der Waals surface area contributed by atoms with Crippen LogP contribution in [0.25, 0.3) is 0 Å². The molecule has 0 radical (unpaired) electrons. The van der Waals surface area contributed by atoms with Crippen LogP contribution in [0.1, 0.15) is 28.7 Å². The van der Waals surface area contributed by atoms with E-state index < -0.39 is 0 Å². The fourth-order valence-electron chi connectivity index (χ4n) is 3.26.